The molecule has 4 heteroatoms. The second-order valence-corrected chi connectivity index (χ2v) is 5.32. The van der Waals surface area contributed by atoms with Crippen LogP contribution in [0, 0.1) is 0 Å². The minimum atomic E-state index is 0.276. The van der Waals surface area contributed by atoms with Gasteiger partial charge in [-0.3, -0.25) is 0 Å². The highest BCUT2D eigenvalue weighted by Crippen LogP contribution is 2.24. The molecule has 1 aromatic heterocycles. The molecule has 2 rings (SSSR count). The molecule has 2 aromatic rings. The van der Waals surface area contributed by atoms with Gasteiger partial charge in [0.25, 0.3) is 0 Å². The first kappa shape index (κ1) is 14.9. The summed E-state index contributed by atoms with van der Waals surface area (Å²) in [4.78, 5) is 9.85. The summed E-state index contributed by atoms with van der Waals surface area (Å²) in [5.41, 5.74) is 2.85. The number of unbranched alkanes of at least 4 members (excludes halogenated alkanes) is 1. The van der Waals surface area contributed by atoms with Crippen LogP contribution in [0.2, 0.25) is 0 Å². The quantitative estimate of drug-likeness (QED) is 0.777. The number of nitrogens with one attached hydrogen (secondary N) is 1. The van der Waals surface area contributed by atoms with Crippen molar-refractivity contribution in [1.29, 1.82) is 0 Å². The number of H-pyrrole nitrogens is 1. The van der Waals surface area contributed by atoms with Gasteiger partial charge in [0.1, 0.15) is 11.3 Å². The lowest BCUT2D eigenvalue weighted by Crippen LogP contribution is -2.28. The van der Waals surface area contributed by atoms with Crippen molar-refractivity contribution >= 4 is 11.0 Å². The Morgan fingerprint density at radius 1 is 1.15 bits per heavy atom. The van der Waals surface area contributed by atoms with Gasteiger partial charge in [0.15, 0.2) is 0 Å². The van der Waals surface area contributed by atoms with E-state index in [2.05, 4.69) is 28.7 Å². The first-order valence-electron chi connectivity index (χ1n) is 7.62. The second-order valence-electron chi connectivity index (χ2n) is 5.32. The van der Waals surface area contributed by atoms with E-state index < -0.39 is 0 Å². The Morgan fingerprint density at radius 2 is 2.00 bits per heavy atom. The molecule has 0 unspecified atom stereocenters. The van der Waals surface area contributed by atoms with Crippen LogP contribution in [0.25, 0.3) is 11.0 Å². The first-order chi connectivity index (χ1) is 9.76. The number of phenols is 1. The Balaban J connectivity index is 2.03. The molecule has 110 valence electrons. The largest absolute Gasteiger partial charge is 0.506 e. The van der Waals surface area contributed by atoms with Crippen LogP contribution in [0.4, 0.5) is 0 Å². The number of phenolic OH excluding ortho intramolecular Hbond substituents is 1. The molecule has 0 radical (unpaired) electrons. The highest BCUT2D eigenvalue weighted by atomic mass is 16.3. The lowest BCUT2D eigenvalue weighted by molar-refractivity contribution is 0.273. The highest BCUT2D eigenvalue weighted by molar-refractivity contribution is 5.84. The van der Waals surface area contributed by atoms with E-state index in [1.807, 2.05) is 6.07 Å². The second kappa shape index (κ2) is 7.29. The summed E-state index contributed by atoms with van der Waals surface area (Å²) in [7, 11) is 0. The number of hydrogen-bond donors (Lipinski definition) is 2. The number of aromatic amines is 1. The first-order valence-corrected chi connectivity index (χ1v) is 7.62. The lowest BCUT2D eigenvalue weighted by atomic mass is 10.1. The minimum Gasteiger partial charge on any atom is -0.506 e. The van der Waals surface area contributed by atoms with Crippen LogP contribution in [0.1, 0.15) is 38.7 Å². The predicted molar refractivity (Wildman–Crippen MR) is 83.1 cm³/mol. The Hall–Kier alpha value is -1.55. The monoisotopic (exact) mass is 275 g/mol. The van der Waals surface area contributed by atoms with Crippen molar-refractivity contribution in [3.63, 3.8) is 0 Å². The van der Waals surface area contributed by atoms with E-state index >= 15 is 0 Å². The van der Waals surface area contributed by atoms with Gasteiger partial charge in [0.05, 0.1) is 11.8 Å². The van der Waals surface area contributed by atoms with Crippen molar-refractivity contribution < 1.29 is 5.11 Å². The maximum Gasteiger partial charge on any atom is 0.141 e. The number of aromatic hydroxyl groups is 1. The van der Waals surface area contributed by atoms with Gasteiger partial charge in [-0.1, -0.05) is 26.3 Å². The number of benzene rings is 1. The van der Waals surface area contributed by atoms with Gasteiger partial charge in [-0.15, -0.1) is 0 Å². The zero-order valence-electron chi connectivity index (χ0n) is 12.5. The fraction of sp³-hybridized carbons (Fsp3) is 0.562. The Labute approximate surface area is 120 Å². The number of aromatic nitrogens is 2. The Morgan fingerprint density at radius 3 is 2.75 bits per heavy atom. The third-order valence-corrected chi connectivity index (χ3v) is 3.71. The number of hydrogen-bond acceptors (Lipinski definition) is 3. The third-order valence-electron chi connectivity index (χ3n) is 3.71. The van der Waals surface area contributed by atoms with Crippen LogP contribution in [0.3, 0.4) is 0 Å². The summed E-state index contributed by atoms with van der Waals surface area (Å²) in [6.45, 7) is 7.84. The molecule has 0 saturated carbocycles. The molecule has 0 amide bonds. The van der Waals surface area contributed by atoms with Crippen LogP contribution < -0.4 is 0 Å². The average Bonchev–Trinajstić information content (AvgIpc) is 2.94. The molecule has 0 spiro atoms. The van der Waals surface area contributed by atoms with E-state index in [-0.39, 0.29) is 5.75 Å². The lowest BCUT2D eigenvalue weighted by Gasteiger charge is -2.21. The molecule has 1 aromatic carbocycles. The van der Waals surface area contributed by atoms with E-state index in [0.717, 1.165) is 30.5 Å². The van der Waals surface area contributed by atoms with Gasteiger partial charge in [0.2, 0.25) is 0 Å². The number of rotatable bonds is 8. The van der Waals surface area contributed by atoms with Crippen molar-refractivity contribution in [2.45, 2.75) is 39.5 Å². The summed E-state index contributed by atoms with van der Waals surface area (Å²) in [6, 6.07) is 3.74. The molecule has 0 atom stereocenters. The molecular weight excluding hydrogens is 250 g/mol. The highest BCUT2D eigenvalue weighted by Gasteiger charge is 2.09. The van der Waals surface area contributed by atoms with Crippen LogP contribution in [-0.4, -0.2) is 39.6 Å². The van der Waals surface area contributed by atoms with Crippen molar-refractivity contribution in [2.24, 2.45) is 0 Å². The zero-order chi connectivity index (χ0) is 14.4. The summed E-state index contributed by atoms with van der Waals surface area (Å²) in [5, 5.41) is 9.78. The Kier molecular flexibility index (Phi) is 5.41. The maximum atomic E-state index is 9.78. The standard InChI is InChI=1S/C16H25N3O/c1-3-5-10-19(9-4-2)11-8-13-6-7-14(20)16-15(13)17-12-18-16/h6-7,12,20H,3-5,8-11H2,1-2H3,(H,17,18). The minimum absolute atomic E-state index is 0.276. The molecule has 20 heavy (non-hydrogen) atoms. The Bertz CT molecular complexity index is 536. The van der Waals surface area contributed by atoms with Crippen LogP contribution in [-0.2, 0) is 6.42 Å². The van der Waals surface area contributed by atoms with Crippen LogP contribution in [0.15, 0.2) is 18.5 Å². The summed E-state index contributed by atoms with van der Waals surface area (Å²) in [5.74, 6) is 0.276. The zero-order valence-corrected chi connectivity index (χ0v) is 12.5. The molecule has 0 aliphatic carbocycles. The molecule has 0 fully saturated rings. The molecule has 0 aliphatic heterocycles. The van der Waals surface area contributed by atoms with Gasteiger partial charge in [0, 0.05) is 6.54 Å². The SMILES string of the molecule is CCCCN(CCC)CCc1ccc(O)c2[nH]cnc12. The van der Waals surface area contributed by atoms with E-state index in [0.29, 0.717) is 0 Å². The molecular formula is C16H25N3O. The van der Waals surface area contributed by atoms with Crippen molar-refractivity contribution in [3.8, 4) is 5.75 Å². The predicted octanol–water partition coefficient (Wildman–Crippen LogP) is 3.32. The topological polar surface area (TPSA) is 52.1 Å². The van der Waals surface area contributed by atoms with Gasteiger partial charge in [-0.05, 0) is 44.0 Å². The van der Waals surface area contributed by atoms with E-state index in [1.54, 1.807) is 12.4 Å². The van der Waals surface area contributed by atoms with Crippen LogP contribution >= 0.6 is 0 Å². The van der Waals surface area contributed by atoms with Gasteiger partial charge >= 0.3 is 0 Å². The number of nitrogens with zero attached hydrogens (tertiary/aromatic N) is 2. The molecule has 0 bridgehead atoms. The average molecular weight is 275 g/mol. The fourth-order valence-corrected chi connectivity index (χ4v) is 2.59. The molecule has 4 nitrogen and oxygen atoms in total. The summed E-state index contributed by atoms with van der Waals surface area (Å²) >= 11 is 0. The van der Waals surface area contributed by atoms with Crippen molar-refractivity contribution in [1.82, 2.24) is 14.9 Å². The fourth-order valence-electron chi connectivity index (χ4n) is 2.59. The van der Waals surface area contributed by atoms with Crippen molar-refractivity contribution in [3.05, 3.63) is 24.0 Å². The molecule has 0 saturated heterocycles. The third kappa shape index (κ3) is 3.51. The normalized spacial score (nSPS) is 11.6. The smallest absolute Gasteiger partial charge is 0.141 e. The van der Waals surface area contributed by atoms with E-state index in [9.17, 15) is 5.11 Å². The van der Waals surface area contributed by atoms with E-state index in [4.69, 9.17) is 0 Å². The molecule has 0 aliphatic rings. The van der Waals surface area contributed by atoms with Gasteiger partial charge in [-0.2, -0.15) is 0 Å². The van der Waals surface area contributed by atoms with Gasteiger partial charge < -0.3 is 15.0 Å². The van der Waals surface area contributed by atoms with Crippen LogP contribution in [0.5, 0.6) is 5.75 Å². The summed E-state index contributed by atoms with van der Waals surface area (Å²) in [6.07, 6.45) is 6.31. The van der Waals surface area contributed by atoms with E-state index in [1.165, 1.54) is 31.4 Å². The molecule has 2 N–H and O–H groups in total. The number of fused-ring (bicyclic) bond motifs is 1. The molecule has 1 heterocycles. The van der Waals surface area contributed by atoms with Crippen molar-refractivity contribution in [2.75, 3.05) is 19.6 Å². The maximum absolute atomic E-state index is 9.78. The number of imidazole rings is 1. The van der Waals surface area contributed by atoms with Gasteiger partial charge in [-0.25, -0.2) is 4.98 Å². The summed E-state index contributed by atoms with van der Waals surface area (Å²) < 4.78 is 0.